The van der Waals surface area contributed by atoms with Crippen LogP contribution in [0.25, 0.3) is 0 Å². The van der Waals surface area contributed by atoms with Gasteiger partial charge in [0.25, 0.3) is 5.91 Å². The van der Waals surface area contributed by atoms with Crippen LogP contribution in [-0.2, 0) is 6.42 Å². The van der Waals surface area contributed by atoms with Crippen LogP contribution in [0.5, 0.6) is 0 Å². The number of carbonyl (C=O) groups excluding carboxylic acids is 1. The van der Waals surface area contributed by atoms with Gasteiger partial charge in [0, 0.05) is 11.6 Å². The molecular weight excluding hydrogens is 286 g/mol. The first-order chi connectivity index (χ1) is 10.1. The minimum atomic E-state index is -0.142. The molecule has 0 bridgehead atoms. The molecule has 0 aliphatic rings. The van der Waals surface area contributed by atoms with Crippen molar-refractivity contribution in [1.29, 1.82) is 0 Å². The molecule has 0 unspecified atom stereocenters. The number of halogens is 1. The molecule has 0 aliphatic carbocycles. The van der Waals surface area contributed by atoms with Crippen LogP contribution in [0.2, 0.25) is 5.02 Å². The fourth-order valence-corrected chi connectivity index (χ4v) is 2.17. The number of amides is 1. The SMILES string of the molecule is Cc1ccc(C(=O)NCCc2ccc(Cl)cc2)c(NN)c1. The van der Waals surface area contributed by atoms with Crippen molar-refractivity contribution in [3.63, 3.8) is 0 Å². The predicted molar refractivity (Wildman–Crippen MR) is 86.5 cm³/mol. The van der Waals surface area contributed by atoms with Gasteiger partial charge in [0.05, 0.1) is 11.3 Å². The third-order valence-corrected chi connectivity index (χ3v) is 3.44. The summed E-state index contributed by atoms with van der Waals surface area (Å²) in [5, 5.41) is 3.60. The molecule has 0 spiro atoms. The first-order valence-corrected chi connectivity index (χ1v) is 7.08. The van der Waals surface area contributed by atoms with Crippen molar-refractivity contribution in [1.82, 2.24) is 5.32 Å². The molecule has 0 atom stereocenters. The van der Waals surface area contributed by atoms with Gasteiger partial charge >= 0.3 is 0 Å². The fourth-order valence-electron chi connectivity index (χ4n) is 2.04. The topological polar surface area (TPSA) is 67.2 Å². The number of hydrogen-bond acceptors (Lipinski definition) is 3. The van der Waals surface area contributed by atoms with E-state index in [0.29, 0.717) is 22.8 Å². The molecule has 0 radical (unpaired) electrons. The molecule has 2 rings (SSSR count). The standard InChI is InChI=1S/C16H18ClN3O/c1-11-2-7-14(15(10-11)20-18)16(21)19-9-8-12-3-5-13(17)6-4-12/h2-7,10,20H,8-9,18H2,1H3,(H,19,21). The zero-order valence-corrected chi connectivity index (χ0v) is 12.6. The molecule has 5 heteroatoms. The molecule has 4 N–H and O–H groups in total. The van der Waals surface area contributed by atoms with Crippen molar-refractivity contribution in [2.45, 2.75) is 13.3 Å². The molecule has 0 aliphatic heterocycles. The summed E-state index contributed by atoms with van der Waals surface area (Å²) in [4.78, 5) is 12.2. The van der Waals surface area contributed by atoms with Gasteiger partial charge in [0.2, 0.25) is 0 Å². The van der Waals surface area contributed by atoms with Gasteiger partial charge < -0.3 is 10.7 Å². The van der Waals surface area contributed by atoms with E-state index in [1.807, 2.05) is 43.3 Å². The number of aryl methyl sites for hydroxylation is 1. The molecule has 0 saturated carbocycles. The van der Waals surface area contributed by atoms with E-state index >= 15 is 0 Å². The lowest BCUT2D eigenvalue weighted by Crippen LogP contribution is -2.27. The first kappa shape index (κ1) is 15.4. The first-order valence-electron chi connectivity index (χ1n) is 6.70. The lowest BCUT2D eigenvalue weighted by atomic mass is 10.1. The van der Waals surface area contributed by atoms with Crippen molar-refractivity contribution in [2.24, 2.45) is 5.84 Å². The number of benzene rings is 2. The normalized spacial score (nSPS) is 10.2. The Morgan fingerprint density at radius 1 is 1.19 bits per heavy atom. The molecule has 0 fully saturated rings. The van der Waals surface area contributed by atoms with Crippen LogP contribution in [0.4, 0.5) is 5.69 Å². The highest BCUT2D eigenvalue weighted by molar-refractivity contribution is 6.30. The number of nitrogen functional groups attached to an aromatic ring is 1. The van der Waals surface area contributed by atoms with Gasteiger partial charge in [-0.05, 0) is 48.7 Å². The zero-order chi connectivity index (χ0) is 15.2. The van der Waals surface area contributed by atoms with E-state index in [2.05, 4.69) is 10.7 Å². The molecule has 1 amide bonds. The van der Waals surface area contributed by atoms with Crippen molar-refractivity contribution in [2.75, 3.05) is 12.0 Å². The minimum absolute atomic E-state index is 0.142. The van der Waals surface area contributed by atoms with Gasteiger partial charge in [-0.1, -0.05) is 29.8 Å². The lowest BCUT2D eigenvalue weighted by molar-refractivity contribution is 0.0955. The Morgan fingerprint density at radius 2 is 1.90 bits per heavy atom. The number of rotatable bonds is 5. The Hall–Kier alpha value is -2.04. The quantitative estimate of drug-likeness (QED) is 0.588. The van der Waals surface area contributed by atoms with Gasteiger partial charge in [-0.15, -0.1) is 0 Å². The van der Waals surface area contributed by atoms with Crippen LogP contribution in [-0.4, -0.2) is 12.5 Å². The van der Waals surface area contributed by atoms with Crippen LogP contribution in [0, 0.1) is 6.92 Å². The highest BCUT2D eigenvalue weighted by Gasteiger charge is 2.10. The van der Waals surface area contributed by atoms with Crippen LogP contribution >= 0.6 is 11.6 Å². The minimum Gasteiger partial charge on any atom is -0.352 e. The maximum Gasteiger partial charge on any atom is 0.253 e. The van der Waals surface area contributed by atoms with E-state index in [1.54, 1.807) is 6.07 Å². The van der Waals surface area contributed by atoms with E-state index in [-0.39, 0.29) is 5.91 Å². The molecule has 4 nitrogen and oxygen atoms in total. The van der Waals surface area contributed by atoms with Crippen molar-refractivity contribution >= 4 is 23.2 Å². The number of nitrogens with two attached hydrogens (primary N) is 1. The molecule has 0 heterocycles. The second-order valence-corrected chi connectivity index (χ2v) is 5.26. The van der Waals surface area contributed by atoms with Gasteiger partial charge in [-0.2, -0.15) is 0 Å². The summed E-state index contributed by atoms with van der Waals surface area (Å²) in [7, 11) is 0. The van der Waals surface area contributed by atoms with Crippen LogP contribution in [0.1, 0.15) is 21.5 Å². The Kier molecular flexibility index (Phi) is 5.20. The predicted octanol–water partition coefficient (Wildman–Crippen LogP) is 2.91. The van der Waals surface area contributed by atoms with Gasteiger partial charge in [-0.25, -0.2) is 0 Å². The third kappa shape index (κ3) is 4.21. The average Bonchev–Trinajstić information content (AvgIpc) is 2.49. The maximum absolute atomic E-state index is 12.2. The van der Waals surface area contributed by atoms with Crippen LogP contribution in [0.15, 0.2) is 42.5 Å². The van der Waals surface area contributed by atoms with Crippen molar-refractivity contribution in [3.05, 3.63) is 64.2 Å². The molecule has 110 valence electrons. The van der Waals surface area contributed by atoms with E-state index in [0.717, 1.165) is 17.5 Å². The number of hydrazine groups is 1. The van der Waals surface area contributed by atoms with E-state index in [4.69, 9.17) is 17.4 Å². The summed E-state index contributed by atoms with van der Waals surface area (Å²) < 4.78 is 0. The Balaban J connectivity index is 1.94. The molecule has 2 aromatic rings. The Bertz CT molecular complexity index is 626. The zero-order valence-electron chi connectivity index (χ0n) is 11.8. The Morgan fingerprint density at radius 3 is 2.57 bits per heavy atom. The van der Waals surface area contributed by atoms with Gasteiger partial charge in [-0.3, -0.25) is 10.6 Å². The Labute approximate surface area is 129 Å². The summed E-state index contributed by atoms with van der Waals surface area (Å²) in [5.41, 5.74) is 5.89. The number of anilines is 1. The molecule has 0 saturated heterocycles. The number of hydrogen-bond donors (Lipinski definition) is 3. The van der Waals surface area contributed by atoms with Gasteiger partial charge in [0.15, 0.2) is 0 Å². The fraction of sp³-hybridized carbons (Fsp3) is 0.188. The molecule has 21 heavy (non-hydrogen) atoms. The summed E-state index contributed by atoms with van der Waals surface area (Å²) in [5.74, 6) is 5.31. The maximum atomic E-state index is 12.2. The largest absolute Gasteiger partial charge is 0.352 e. The van der Waals surface area contributed by atoms with Crippen LogP contribution < -0.4 is 16.6 Å². The summed E-state index contributed by atoms with van der Waals surface area (Å²) in [6.07, 6.45) is 0.750. The highest BCUT2D eigenvalue weighted by Crippen LogP contribution is 2.16. The monoisotopic (exact) mass is 303 g/mol. The van der Waals surface area contributed by atoms with E-state index < -0.39 is 0 Å². The molecular formula is C16H18ClN3O. The number of carbonyl (C=O) groups is 1. The number of nitrogens with one attached hydrogen (secondary N) is 2. The third-order valence-electron chi connectivity index (χ3n) is 3.19. The van der Waals surface area contributed by atoms with Crippen molar-refractivity contribution < 1.29 is 4.79 Å². The second kappa shape index (κ2) is 7.11. The van der Waals surface area contributed by atoms with E-state index in [9.17, 15) is 4.79 Å². The van der Waals surface area contributed by atoms with Crippen LogP contribution in [0.3, 0.4) is 0 Å². The summed E-state index contributed by atoms with van der Waals surface area (Å²) in [6, 6.07) is 13.1. The smallest absolute Gasteiger partial charge is 0.253 e. The van der Waals surface area contributed by atoms with Crippen molar-refractivity contribution in [3.8, 4) is 0 Å². The summed E-state index contributed by atoms with van der Waals surface area (Å²) in [6.45, 7) is 2.50. The molecule has 2 aromatic carbocycles. The van der Waals surface area contributed by atoms with Gasteiger partial charge in [0.1, 0.15) is 0 Å². The second-order valence-electron chi connectivity index (χ2n) is 4.83. The molecule has 0 aromatic heterocycles. The lowest BCUT2D eigenvalue weighted by Gasteiger charge is -2.10. The van der Waals surface area contributed by atoms with E-state index in [1.165, 1.54) is 0 Å². The summed E-state index contributed by atoms with van der Waals surface area (Å²) >= 11 is 5.83. The average molecular weight is 304 g/mol. The highest BCUT2D eigenvalue weighted by atomic mass is 35.5.